The van der Waals surface area contributed by atoms with Crippen LogP contribution in [0.25, 0.3) is 11.1 Å². The Morgan fingerprint density at radius 1 is 1.00 bits per heavy atom. The standard InChI is InChI=1S/C15H10F3N/c16-15(17,18)12-6-11-8-19-9-14(11)13(7-12)10-4-2-1-3-5-10/h1-7,9H,8H2. The summed E-state index contributed by atoms with van der Waals surface area (Å²) in [6, 6.07) is 11.5. The minimum Gasteiger partial charge on any atom is -0.288 e. The number of nitrogens with zero attached hydrogens (tertiary/aromatic N) is 1. The van der Waals surface area contributed by atoms with Crippen LogP contribution in [-0.2, 0) is 12.7 Å². The molecule has 4 heteroatoms. The van der Waals surface area contributed by atoms with Crippen LogP contribution in [0.3, 0.4) is 0 Å². The number of alkyl halides is 3. The van der Waals surface area contributed by atoms with Gasteiger partial charge in [-0.2, -0.15) is 13.2 Å². The topological polar surface area (TPSA) is 12.4 Å². The van der Waals surface area contributed by atoms with Gasteiger partial charge in [-0.3, -0.25) is 4.99 Å². The summed E-state index contributed by atoms with van der Waals surface area (Å²) in [5.41, 5.74) is 2.17. The Morgan fingerprint density at radius 2 is 1.74 bits per heavy atom. The zero-order valence-corrected chi connectivity index (χ0v) is 9.91. The zero-order chi connectivity index (χ0) is 13.5. The van der Waals surface area contributed by atoms with Crippen LogP contribution in [0.1, 0.15) is 16.7 Å². The van der Waals surface area contributed by atoms with E-state index in [9.17, 15) is 13.2 Å². The molecule has 0 saturated heterocycles. The molecule has 1 aliphatic heterocycles. The lowest BCUT2D eigenvalue weighted by Crippen LogP contribution is -2.07. The Hall–Kier alpha value is -2.10. The first-order chi connectivity index (χ1) is 9.05. The highest BCUT2D eigenvalue weighted by Gasteiger charge is 2.32. The van der Waals surface area contributed by atoms with Gasteiger partial charge in [0, 0.05) is 11.8 Å². The van der Waals surface area contributed by atoms with Crippen LogP contribution >= 0.6 is 0 Å². The average molecular weight is 261 g/mol. The minimum atomic E-state index is -4.33. The van der Waals surface area contributed by atoms with E-state index in [0.29, 0.717) is 17.7 Å². The maximum atomic E-state index is 12.9. The molecule has 0 radical (unpaired) electrons. The second-order valence-corrected chi connectivity index (χ2v) is 4.43. The van der Waals surface area contributed by atoms with Crippen molar-refractivity contribution < 1.29 is 13.2 Å². The first kappa shape index (κ1) is 12.0. The normalized spacial score (nSPS) is 13.6. The molecule has 0 unspecified atom stereocenters. The van der Waals surface area contributed by atoms with Gasteiger partial charge in [-0.05, 0) is 28.8 Å². The number of hydrogen-bond donors (Lipinski definition) is 0. The molecule has 0 bridgehead atoms. The molecule has 1 aliphatic rings. The summed E-state index contributed by atoms with van der Waals surface area (Å²) in [6.07, 6.45) is -2.68. The van der Waals surface area contributed by atoms with Crippen LogP contribution in [0.15, 0.2) is 47.5 Å². The zero-order valence-electron chi connectivity index (χ0n) is 9.91. The van der Waals surface area contributed by atoms with E-state index in [1.54, 1.807) is 6.21 Å². The highest BCUT2D eigenvalue weighted by Crippen LogP contribution is 2.36. The monoisotopic (exact) mass is 261 g/mol. The van der Waals surface area contributed by atoms with Gasteiger partial charge in [0.25, 0.3) is 0 Å². The molecule has 0 fully saturated rings. The molecule has 1 nitrogen and oxygen atoms in total. The van der Waals surface area contributed by atoms with Crippen molar-refractivity contribution in [2.45, 2.75) is 12.7 Å². The van der Waals surface area contributed by atoms with Gasteiger partial charge in [0.1, 0.15) is 0 Å². The third-order valence-corrected chi connectivity index (χ3v) is 3.16. The highest BCUT2D eigenvalue weighted by molar-refractivity contribution is 5.94. The van der Waals surface area contributed by atoms with E-state index in [2.05, 4.69) is 4.99 Å². The Bertz CT molecular complexity index is 642. The molecular weight excluding hydrogens is 251 g/mol. The minimum absolute atomic E-state index is 0.319. The number of benzene rings is 2. The molecule has 0 spiro atoms. The predicted molar refractivity (Wildman–Crippen MR) is 68.2 cm³/mol. The van der Waals surface area contributed by atoms with Crippen LogP contribution in [0.2, 0.25) is 0 Å². The molecule has 0 aliphatic carbocycles. The van der Waals surface area contributed by atoms with Crippen LogP contribution in [0.4, 0.5) is 13.2 Å². The maximum Gasteiger partial charge on any atom is 0.416 e. The van der Waals surface area contributed by atoms with Crippen molar-refractivity contribution in [2.75, 3.05) is 0 Å². The largest absolute Gasteiger partial charge is 0.416 e. The molecule has 0 N–H and O–H groups in total. The van der Waals surface area contributed by atoms with Gasteiger partial charge in [-0.25, -0.2) is 0 Å². The van der Waals surface area contributed by atoms with E-state index < -0.39 is 11.7 Å². The van der Waals surface area contributed by atoms with Crippen LogP contribution in [0, 0.1) is 0 Å². The summed E-state index contributed by atoms with van der Waals surface area (Å²) >= 11 is 0. The summed E-state index contributed by atoms with van der Waals surface area (Å²) in [7, 11) is 0. The molecule has 0 saturated carbocycles. The van der Waals surface area contributed by atoms with Crippen molar-refractivity contribution in [3.8, 4) is 11.1 Å². The molecule has 2 aromatic carbocycles. The number of rotatable bonds is 1. The third-order valence-electron chi connectivity index (χ3n) is 3.16. The maximum absolute atomic E-state index is 12.9. The summed E-state index contributed by atoms with van der Waals surface area (Å²) in [5.74, 6) is 0. The fourth-order valence-corrected chi connectivity index (χ4v) is 2.25. The van der Waals surface area contributed by atoms with Crippen molar-refractivity contribution in [1.29, 1.82) is 0 Å². The molecule has 19 heavy (non-hydrogen) atoms. The van der Waals surface area contributed by atoms with Crippen molar-refractivity contribution in [3.63, 3.8) is 0 Å². The van der Waals surface area contributed by atoms with E-state index in [-0.39, 0.29) is 0 Å². The second kappa shape index (κ2) is 4.23. The van der Waals surface area contributed by atoms with E-state index >= 15 is 0 Å². The molecular formula is C15H10F3N. The van der Waals surface area contributed by atoms with Gasteiger partial charge >= 0.3 is 6.18 Å². The Labute approximate surface area is 108 Å². The lowest BCUT2D eigenvalue weighted by atomic mass is 9.94. The van der Waals surface area contributed by atoms with E-state index in [4.69, 9.17) is 0 Å². The number of halogens is 3. The third kappa shape index (κ3) is 2.14. The molecule has 96 valence electrons. The first-order valence-corrected chi connectivity index (χ1v) is 5.85. The van der Waals surface area contributed by atoms with Crippen molar-refractivity contribution in [1.82, 2.24) is 0 Å². The Morgan fingerprint density at radius 3 is 2.42 bits per heavy atom. The summed E-state index contributed by atoms with van der Waals surface area (Å²) in [4.78, 5) is 4.07. The van der Waals surface area contributed by atoms with E-state index in [1.807, 2.05) is 30.3 Å². The fourth-order valence-electron chi connectivity index (χ4n) is 2.25. The molecule has 3 rings (SSSR count). The molecule has 0 aromatic heterocycles. The number of hydrogen-bond acceptors (Lipinski definition) is 1. The number of aliphatic imine (C=N–C) groups is 1. The molecule has 0 amide bonds. The number of fused-ring (bicyclic) bond motifs is 1. The fraction of sp³-hybridized carbons (Fsp3) is 0.133. The van der Waals surface area contributed by atoms with E-state index in [1.165, 1.54) is 12.1 Å². The molecule has 0 atom stereocenters. The summed E-state index contributed by atoms with van der Waals surface area (Å²) in [5, 5.41) is 0. The summed E-state index contributed by atoms with van der Waals surface area (Å²) in [6.45, 7) is 0.319. The van der Waals surface area contributed by atoms with Crippen LogP contribution in [-0.4, -0.2) is 6.21 Å². The van der Waals surface area contributed by atoms with Crippen molar-refractivity contribution in [3.05, 3.63) is 59.2 Å². The second-order valence-electron chi connectivity index (χ2n) is 4.43. The van der Waals surface area contributed by atoms with Gasteiger partial charge in [0.15, 0.2) is 0 Å². The molecule has 2 aromatic rings. The van der Waals surface area contributed by atoms with Gasteiger partial charge in [0.05, 0.1) is 12.1 Å². The van der Waals surface area contributed by atoms with Crippen molar-refractivity contribution >= 4 is 6.21 Å². The smallest absolute Gasteiger partial charge is 0.288 e. The van der Waals surface area contributed by atoms with E-state index in [0.717, 1.165) is 11.1 Å². The SMILES string of the molecule is FC(F)(F)c1cc2c(c(-c3ccccc3)c1)C=NC2. The quantitative estimate of drug-likeness (QED) is 0.725. The molecule has 1 heterocycles. The Balaban J connectivity index is 2.23. The average Bonchev–Trinajstić information content (AvgIpc) is 2.85. The van der Waals surface area contributed by atoms with Crippen LogP contribution < -0.4 is 0 Å². The summed E-state index contributed by atoms with van der Waals surface area (Å²) < 4.78 is 38.7. The lowest BCUT2D eigenvalue weighted by molar-refractivity contribution is -0.137. The van der Waals surface area contributed by atoms with Gasteiger partial charge in [0.2, 0.25) is 0 Å². The van der Waals surface area contributed by atoms with Crippen LogP contribution in [0.5, 0.6) is 0 Å². The first-order valence-electron chi connectivity index (χ1n) is 5.85. The predicted octanol–water partition coefficient (Wildman–Crippen LogP) is 4.30. The van der Waals surface area contributed by atoms with Gasteiger partial charge in [-0.15, -0.1) is 0 Å². The lowest BCUT2D eigenvalue weighted by Gasteiger charge is -2.13. The van der Waals surface area contributed by atoms with Gasteiger partial charge in [-0.1, -0.05) is 30.3 Å². The van der Waals surface area contributed by atoms with Gasteiger partial charge < -0.3 is 0 Å². The highest BCUT2D eigenvalue weighted by atomic mass is 19.4. The Kier molecular flexibility index (Phi) is 2.66. The van der Waals surface area contributed by atoms with Crippen molar-refractivity contribution in [2.24, 2.45) is 4.99 Å².